The molecule has 6 unspecified atom stereocenters. The molecule has 0 aromatic heterocycles. The van der Waals surface area contributed by atoms with Gasteiger partial charge in [0.1, 0.15) is 30.5 Å². The molecule has 0 aromatic rings. The topological polar surface area (TPSA) is 178 Å². The van der Waals surface area contributed by atoms with Crippen LogP contribution in [-0.2, 0) is 38.3 Å². The maximum Gasteiger partial charge on any atom is 0.397 e. The zero-order valence-electron chi connectivity index (χ0n) is 34.8. The lowest BCUT2D eigenvalue weighted by atomic mass is 9.99. The molecule has 0 bridgehead atoms. The fraction of sp³-hybridized carbons (Fsp3) is 0.976. The maximum absolute atomic E-state index is 12.5. The Labute approximate surface area is 335 Å². The van der Waals surface area contributed by atoms with E-state index in [4.69, 9.17) is 23.5 Å². The SMILES string of the molecule is CCCCCCCCCCCCCCCCCCCCCCCCCCOCC(COC1OC(CO)C(O)C(OS(=O)(=O)O)C1O)OC(=O)CCCCCC. The number of esters is 1. The first kappa shape index (κ1) is 52.1. The quantitative estimate of drug-likeness (QED) is 0.0264. The summed E-state index contributed by atoms with van der Waals surface area (Å²) in [4.78, 5) is 12.5. The van der Waals surface area contributed by atoms with Crippen LogP contribution in [0.5, 0.6) is 0 Å². The summed E-state index contributed by atoms with van der Waals surface area (Å²) in [5.41, 5.74) is 0. The van der Waals surface area contributed by atoms with Gasteiger partial charge < -0.3 is 34.3 Å². The monoisotopic (exact) mass is 811 g/mol. The molecule has 0 saturated carbocycles. The van der Waals surface area contributed by atoms with Crippen molar-refractivity contribution in [2.45, 2.75) is 237 Å². The van der Waals surface area contributed by atoms with E-state index in [1.165, 1.54) is 135 Å². The summed E-state index contributed by atoms with van der Waals surface area (Å²) in [5.74, 6) is -0.413. The summed E-state index contributed by atoms with van der Waals surface area (Å²) < 4.78 is 58.6. The number of aliphatic hydroxyl groups is 3. The van der Waals surface area contributed by atoms with Gasteiger partial charge in [-0.25, -0.2) is 4.18 Å². The highest BCUT2D eigenvalue weighted by Gasteiger charge is 2.48. The standard InChI is InChI=1S/C42H82O12S/c1-3-5-7-9-10-11-12-13-14-15-16-17-18-19-20-21-22-23-24-25-26-27-28-30-32-50-34-36(52-38(44)31-29-8-6-4-2)35-51-42-40(46)41(54-55(47,48)49)39(45)37(33-43)53-42/h36-37,39-43,45-46H,3-35H2,1-2H3,(H,47,48,49). The predicted molar refractivity (Wildman–Crippen MR) is 216 cm³/mol. The Kier molecular flexibility index (Phi) is 33.2. The van der Waals surface area contributed by atoms with E-state index < -0.39 is 59.8 Å². The van der Waals surface area contributed by atoms with Gasteiger partial charge in [-0.3, -0.25) is 9.35 Å². The molecule has 6 atom stereocenters. The Bertz CT molecular complexity index is 984. The normalized spacial score (nSPS) is 20.9. The first-order valence-electron chi connectivity index (χ1n) is 22.3. The van der Waals surface area contributed by atoms with Gasteiger partial charge in [0.15, 0.2) is 6.29 Å². The number of hydrogen-bond acceptors (Lipinski definition) is 11. The van der Waals surface area contributed by atoms with Crippen LogP contribution in [0.2, 0.25) is 0 Å². The summed E-state index contributed by atoms with van der Waals surface area (Å²) in [6.45, 7) is 3.88. The van der Waals surface area contributed by atoms with Crippen molar-refractivity contribution >= 4 is 16.4 Å². The number of carbonyl (C=O) groups is 1. The number of hydrogen-bond donors (Lipinski definition) is 4. The molecule has 0 radical (unpaired) electrons. The second-order valence-corrected chi connectivity index (χ2v) is 16.7. The second kappa shape index (κ2) is 35.1. The van der Waals surface area contributed by atoms with E-state index in [9.17, 15) is 28.5 Å². The van der Waals surface area contributed by atoms with Gasteiger partial charge in [0.2, 0.25) is 0 Å². The molecular formula is C42H82O12S. The number of ether oxygens (including phenoxy) is 4. The Morgan fingerprint density at radius 3 is 1.45 bits per heavy atom. The summed E-state index contributed by atoms with van der Waals surface area (Å²) >= 11 is 0. The van der Waals surface area contributed by atoms with Crippen molar-refractivity contribution in [1.29, 1.82) is 0 Å². The third kappa shape index (κ3) is 29.0. The molecule has 0 aromatic carbocycles. The van der Waals surface area contributed by atoms with Crippen LogP contribution in [0.25, 0.3) is 0 Å². The highest BCUT2D eigenvalue weighted by molar-refractivity contribution is 7.80. The summed E-state index contributed by atoms with van der Waals surface area (Å²) in [6, 6.07) is 0. The maximum atomic E-state index is 12.5. The minimum absolute atomic E-state index is 0.0415. The lowest BCUT2D eigenvalue weighted by Crippen LogP contribution is -2.60. The van der Waals surface area contributed by atoms with E-state index >= 15 is 0 Å². The van der Waals surface area contributed by atoms with E-state index in [1.54, 1.807) is 0 Å². The van der Waals surface area contributed by atoms with Crippen molar-refractivity contribution in [2.75, 3.05) is 26.4 Å². The Balaban J connectivity index is 2.17. The van der Waals surface area contributed by atoms with E-state index in [2.05, 4.69) is 18.0 Å². The fourth-order valence-corrected chi connectivity index (χ4v) is 7.59. The van der Waals surface area contributed by atoms with Gasteiger partial charge in [0.25, 0.3) is 0 Å². The highest BCUT2D eigenvalue weighted by atomic mass is 32.3. The average Bonchev–Trinajstić information content (AvgIpc) is 3.15. The zero-order chi connectivity index (χ0) is 40.4. The van der Waals surface area contributed by atoms with Crippen molar-refractivity contribution < 1.29 is 56.2 Å². The van der Waals surface area contributed by atoms with Crippen LogP contribution in [0.4, 0.5) is 0 Å². The van der Waals surface area contributed by atoms with E-state index in [0.29, 0.717) is 13.0 Å². The first-order chi connectivity index (χ1) is 26.6. The number of carbonyl (C=O) groups excluding carboxylic acids is 1. The van der Waals surface area contributed by atoms with E-state index in [-0.39, 0.29) is 19.6 Å². The molecule has 1 saturated heterocycles. The molecule has 1 heterocycles. The molecular weight excluding hydrogens is 729 g/mol. The summed E-state index contributed by atoms with van der Waals surface area (Å²) in [5, 5.41) is 30.4. The largest absolute Gasteiger partial charge is 0.457 e. The molecule has 0 aliphatic carbocycles. The van der Waals surface area contributed by atoms with Gasteiger partial charge in [0, 0.05) is 13.0 Å². The number of rotatable bonds is 39. The molecule has 55 heavy (non-hydrogen) atoms. The molecule has 12 nitrogen and oxygen atoms in total. The van der Waals surface area contributed by atoms with Crippen molar-refractivity contribution in [3.63, 3.8) is 0 Å². The fourth-order valence-electron chi connectivity index (χ4n) is 7.09. The summed E-state index contributed by atoms with van der Waals surface area (Å²) in [7, 11) is -5.05. The van der Waals surface area contributed by atoms with Crippen LogP contribution < -0.4 is 0 Å². The Morgan fingerprint density at radius 1 is 0.618 bits per heavy atom. The van der Waals surface area contributed by atoms with Crippen molar-refractivity contribution in [3.8, 4) is 0 Å². The lowest BCUT2D eigenvalue weighted by molar-refractivity contribution is -0.301. The van der Waals surface area contributed by atoms with Gasteiger partial charge in [-0.15, -0.1) is 0 Å². The van der Waals surface area contributed by atoms with Crippen LogP contribution >= 0.6 is 0 Å². The third-order valence-electron chi connectivity index (χ3n) is 10.5. The van der Waals surface area contributed by atoms with Gasteiger partial charge in [-0.2, -0.15) is 8.42 Å². The molecule has 0 spiro atoms. The molecule has 1 rings (SSSR count). The smallest absolute Gasteiger partial charge is 0.397 e. The lowest BCUT2D eigenvalue weighted by Gasteiger charge is -2.41. The van der Waals surface area contributed by atoms with E-state index in [1.807, 2.05) is 0 Å². The van der Waals surface area contributed by atoms with Gasteiger partial charge in [0.05, 0.1) is 19.8 Å². The van der Waals surface area contributed by atoms with Crippen LogP contribution in [0.3, 0.4) is 0 Å². The molecule has 13 heteroatoms. The zero-order valence-corrected chi connectivity index (χ0v) is 35.6. The minimum atomic E-state index is -5.05. The molecule has 1 aliphatic rings. The van der Waals surface area contributed by atoms with Gasteiger partial charge in [-0.1, -0.05) is 181 Å². The molecule has 328 valence electrons. The molecule has 1 aliphatic heterocycles. The number of unbranched alkanes of at least 4 members (excludes halogenated alkanes) is 26. The van der Waals surface area contributed by atoms with Crippen molar-refractivity contribution in [2.24, 2.45) is 0 Å². The van der Waals surface area contributed by atoms with Crippen LogP contribution in [0.1, 0.15) is 200 Å². The minimum Gasteiger partial charge on any atom is -0.457 e. The third-order valence-corrected chi connectivity index (χ3v) is 10.9. The molecule has 1 fully saturated rings. The van der Waals surface area contributed by atoms with Gasteiger partial charge >= 0.3 is 16.4 Å². The van der Waals surface area contributed by atoms with Crippen molar-refractivity contribution in [1.82, 2.24) is 0 Å². The van der Waals surface area contributed by atoms with Crippen LogP contribution in [0, 0.1) is 0 Å². The molecule has 4 N–H and O–H groups in total. The Hall–Kier alpha value is -0.900. The summed E-state index contributed by atoms with van der Waals surface area (Å²) in [6.07, 6.45) is 26.7. The average molecular weight is 811 g/mol. The predicted octanol–water partition coefficient (Wildman–Crippen LogP) is 8.91. The van der Waals surface area contributed by atoms with Crippen LogP contribution in [-0.4, -0.2) is 97.5 Å². The molecule has 0 amide bonds. The number of aliphatic hydroxyl groups excluding tert-OH is 3. The highest BCUT2D eigenvalue weighted by Crippen LogP contribution is 2.26. The van der Waals surface area contributed by atoms with E-state index in [0.717, 1.165) is 38.5 Å². The first-order valence-corrected chi connectivity index (χ1v) is 23.7. The van der Waals surface area contributed by atoms with Crippen molar-refractivity contribution in [3.05, 3.63) is 0 Å². The van der Waals surface area contributed by atoms with Gasteiger partial charge in [-0.05, 0) is 12.8 Å². The van der Waals surface area contributed by atoms with Crippen LogP contribution in [0.15, 0.2) is 0 Å². The Morgan fingerprint density at radius 2 is 1.04 bits per heavy atom. The second-order valence-electron chi connectivity index (χ2n) is 15.7.